The van der Waals surface area contributed by atoms with Gasteiger partial charge in [-0.15, -0.1) is 12.4 Å². The summed E-state index contributed by atoms with van der Waals surface area (Å²) >= 11 is 11.7. The van der Waals surface area contributed by atoms with Crippen LogP contribution in [0.3, 0.4) is 0 Å². The molecule has 6 heteroatoms. The highest BCUT2D eigenvalue weighted by atomic mass is 35.5. The van der Waals surface area contributed by atoms with Gasteiger partial charge in [0.1, 0.15) is 0 Å². The van der Waals surface area contributed by atoms with Gasteiger partial charge in [0.2, 0.25) is 5.91 Å². The molecule has 3 N–H and O–H groups in total. The molecule has 0 heterocycles. The summed E-state index contributed by atoms with van der Waals surface area (Å²) in [6.07, 6.45) is 1.16. The molecule has 1 rings (SSSR count). The predicted octanol–water partition coefficient (Wildman–Crippen LogP) is 3.45. The van der Waals surface area contributed by atoms with E-state index in [0.717, 1.165) is 12.0 Å². The number of carbonyl (C=O) groups excluding carboxylic acids is 1. The second-order valence-corrected chi connectivity index (χ2v) is 5.87. The van der Waals surface area contributed by atoms with Crippen LogP contribution in [-0.4, -0.2) is 18.5 Å². The van der Waals surface area contributed by atoms with Crippen molar-refractivity contribution < 1.29 is 4.79 Å². The van der Waals surface area contributed by atoms with E-state index in [1.54, 1.807) is 18.2 Å². The monoisotopic (exact) mass is 338 g/mol. The minimum absolute atomic E-state index is 0. The number of rotatable bonds is 6. The van der Waals surface area contributed by atoms with Gasteiger partial charge >= 0.3 is 0 Å². The van der Waals surface area contributed by atoms with Gasteiger partial charge in [-0.3, -0.25) is 4.79 Å². The molecular formula is C14H21Cl3N2O. The second kappa shape index (κ2) is 9.46. The van der Waals surface area contributed by atoms with E-state index in [-0.39, 0.29) is 30.8 Å². The molecule has 0 aromatic heterocycles. The number of hydrogen-bond donors (Lipinski definition) is 2. The van der Waals surface area contributed by atoms with Crippen molar-refractivity contribution in [3.63, 3.8) is 0 Å². The molecule has 0 spiro atoms. The Morgan fingerprint density at radius 1 is 1.30 bits per heavy atom. The molecule has 3 nitrogen and oxygen atoms in total. The third-order valence-corrected chi connectivity index (χ3v) is 3.49. The SMILES string of the molecule is CC(C)CC(CN)NC(=O)Cc1ccc(Cl)c(Cl)c1.Cl. The summed E-state index contributed by atoms with van der Waals surface area (Å²) in [5.41, 5.74) is 6.49. The Hall–Kier alpha value is -0.480. The first-order valence-corrected chi connectivity index (χ1v) is 7.11. The van der Waals surface area contributed by atoms with Crippen LogP contribution in [0.25, 0.3) is 0 Å². The Labute approximate surface area is 136 Å². The van der Waals surface area contributed by atoms with Gasteiger partial charge in [0.05, 0.1) is 16.5 Å². The summed E-state index contributed by atoms with van der Waals surface area (Å²) in [5.74, 6) is 0.452. The third kappa shape index (κ3) is 6.80. The van der Waals surface area contributed by atoms with Crippen LogP contribution < -0.4 is 11.1 Å². The van der Waals surface area contributed by atoms with Gasteiger partial charge in [-0.1, -0.05) is 43.1 Å². The maximum Gasteiger partial charge on any atom is 0.224 e. The molecule has 20 heavy (non-hydrogen) atoms. The lowest BCUT2D eigenvalue weighted by atomic mass is 10.0. The highest BCUT2D eigenvalue weighted by molar-refractivity contribution is 6.42. The van der Waals surface area contributed by atoms with E-state index in [4.69, 9.17) is 28.9 Å². The van der Waals surface area contributed by atoms with Crippen LogP contribution in [0.1, 0.15) is 25.8 Å². The molecule has 0 bridgehead atoms. The van der Waals surface area contributed by atoms with Crippen molar-refractivity contribution in [2.75, 3.05) is 6.54 Å². The van der Waals surface area contributed by atoms with Gasteiger partial charge in [-0.25, -0.2) is 0 Å². The van der Waals surface area contributed by atoms with Crippen LogP contribution in [0.2, 0.25) is 10.0 Å². The molecule has 114 valence electrons. The van der Waals surface area contributed by atoms with Crippen molar-refractivity contribution in [3.05, 3.63) is 33.8 Å². The van der Waals surface area contributed by atoms with E-state index in [0.29, 0.717) is 22.5 Å². The first-order chi connectivity index (χ1) is 8.92. The molecule has 1 atom stereocenters. The number of carbonyl (C=O) groups is 1. The number of nitrogens with two attached hydrogens (primary N) is 1. The number of hydrogen-bond acceptors (Lipinski definition) is 2. The van der Waals surface area contributed by atoms with Gasteiger partial charge in [0.15, 0.2) is 0 Å². The molecule has 1 aromatic rings. The Morgan fingerprint density at radius 2 is 1.95 bits per heavy atom. The zero-order valence-corrected chi connectivity index (χ0v) is 14.0. The Morgan fingerprint density at radius 3 is 2.45 bits per heavy atom. The van der Waals surface area contributed by atoms with Crippen LogP contribution in [0.4, 0.5) is 0 Å². The molecule has 0 radical (unpaired) electrons. The van der Waals surface area contributed by atoms with Crippen LogP contribution in [0, 0.1) is 5.92 Å². The normalized spacial score (nSPS) is 11.9. The van der Waals surface area contributed by atoms with E-state index in [1.807, 2.05) is 0 Å². The van der Waals surface area contributed by atoms with Crippen molar-refractivity contribution in [2.24, 2.45) is 11.7 Å². The van der Waals surface area contributed by atoms with Crippen LogP contribution in [0.15, 0.2) is 18.2 Å². The molecule has 0 saturated heterocycles. The Bertz CT molecular complexity index is 438. The van der Waals surface area contributed by atoms with Gasteiger partial charge in [-0.05, 0) is 30.0 Å². The maximum atomic E-state index is 11.9. The Balaban J connectivity index is 0.00000361. The summed E-state index contributed by atoms with van der Waals surface area (Å²) in [7, 11) is 0. The van der Waals surface area contributed by atoms with Gasteiger partial charge < -0.3 is 11.1 Å². The van der Waals surface area contributed by atoms with Gasteiger partial charge in [0.25, 0.3) is 0 Å². The van der Waals surface area contributed by atoms with Crippen LogP contribution >= 0.6 is 35.6 Å². The van der Waals surface area contributed by atoms with E-state index in [9.17, 15) is 4.79 Å². The van der Waals surface area contributed by atoms with E-state index in [2.05, 4.69) is 19.2 Å². The van der Waals surface area contributed by atoms with E-state index < -0.39 is 0 Å². The molecule has 0 aliphatic carbocycles. The molecule has 1 unspecified atom stereocenters. The topological polar surface area (TPSA) is 55.1 Å². The largest absolute Gasteiger partial charge is 0.352 e. The summed E-state index contributed by atoms with van der Waals surface area (Å²) in [5, 5.41) is 3.89. The van der Waals surface area contributed by atoms with Gasteiger partial charge in [-0.2, -0.15) is 0 Å². The third-order valence-electron chi connectivity index (χ3n) is 2.75. The summed E-state index contributed by atoms with van der Waals surface area (Å²) < 4.78 is 0. The summed E-state index contributed by atoms with van der Waals surface area (Å²) in [6.45, 7) is 4.66. The lowest BCUT2D eigenvalue weighted by molar-refractivity contribution is -0.121. The molecule has 0 aliphatic rings. The summed E-state index contributed by atoms with van der Waals surface area (Å²) in [6, 6.07) is 5.23. The van der Waals surface area contributed by atoms with Gasteiger partial charge in [0, 0.05) is 12.6 Å². The lowest BCUT2D eigenvalue weighted by Gasteiger charge is -2.18. The first-order valence-electron chi connectivity index (χ1n) is 6.35. The average Bonchev–Trinajstić information content (AvgIpc) is 2.32. The molecule has 0 aliphatic heterocycles. The highest BCUT2D eigenvalue weighted by Crippen LogP contribution is 2.22. The fourth-order valence-corrected chi connectivity index (χ4v) is 2.22. The molecular weight excluding hydrogens is 319 g/mol. The quantitative estimate of drug-likeness (QED) is 0.834. The fraction of sp³-hybridized carbons (Fsp3) is 0.500. The molecule has 1 aromatic carbocycles. The van der Waals surface area contributed by atoms with Crippen molar-refractivity contribution in [1.29, 1.82) is 0 Å². The Kier molecular flexibility index (Phi) is 9.23. The molecule has 0 saturated carbocycles. The zero-order chi connectivity index (χ0) is 14.4. The summed E-state index contributed by atoms with van der Waals surface area (Å²) in [4.78, 5) is 11.9. The molecule has 0 fully saturated rings. The zero-order valence-electron chi connectivity index (χ0n) is 11.7. The van der Waals surface area contributed by atoms with Crippen LogP contribution in [-0.2, 0) is 11.2 Å². The van der Waals surface area contributed by atoms with Crippen molar-refractivity contribution >= 4 is 41.5 Å². The fourth-order valence-electron chi connectivity index (χ4n) is 1.90. The average molecular weight is 340 g/mol. The first kappa shape index (κ1) is 19.5. The number of nitrogens with one attached hydrogen (secondary N) is 1. The number of benzene rings is 1. The minimum Gasteiger partial charge on any atom is -0.352 e. The van der Waals surface area contributed by atoms with Crippen molar-refractivity contribution in [2.45, 2.75) is 32.7 Å². The second-order valence-electron chi connectivity index (χ2n) is 5.05. The smallest absolute Gasteiger partial charge is 0.224 e. The van der Waals surface area contributed by atoms with E-state index in [1.165, 1.54) is 0 Å². The van der Waals surface area contributed by atoms with Crippen molar-refractivity contribution in [1.82, 2.24) is 5.32 Å². The van der Waals surface area contributed by atoms with Crippen LogP contribution in [0.5, 0.6) is 0 Å². The number of halogens is 3. The van der Waals surface area contributed by atoms with Crippen molar-refractivity contribution in [3.8, 4) is 0 Å². The standard InChI is InChI=1S/C14H20Cl2N2O.ClH/c1-9(2)5-11(8-17)18-14(19)7-10-3-4-12(15)13(16)6-10;/h3-4,6,9,11H,5,7-8,17H2,1-2H3,(H,18,19);1H. The minimum atomic E-state index is -0.0468. The molecule has 1 amide bonds. The highest BCUT2D eigenvalue weighted by Gasteiger charge is 2.13. The maximum absolute atomic E-state index is 11.9. The predicted molar refractivity (Wildman–Crippen MR) is 87.9 cm³/mol. The lowest BCUT2D eigenvalue weighted by Crippen LogP contribution is -2.41. The number of amides is 1. The van der Waals surface area contributed by atoms with E-state index >= 15 is 0 Å².